The zero-order valence-corrected chi connectivity index (χ0v) is 9.67. The van der Waals surface area contributed by atoms with Gasteiger partial charge in [-0.05, 0) is 30.9 Å². The summed E-state index contributed by atoms with van der Waals surface area (Å²) in [5, 5.41) is 6.98. The minimum absolute atomic E-state index is 0.521. The van der Waals surface area contributed by atoms with Gasteiger partial charge in [0.25, 0.3) is 0 Å². The molecular weight excluding hydrogens is 186 g/mol. The van der Waals surface area contributed by atoms with E-state index in [0.29, 0.717) is 12.0 Å². The first-order valence-corrected chi connectivity index (χ1v) is 5.64. The number of nitrogens with zero attached hydrogens (tertiary/aromatic N) is 1. The molecule has 1 unspecified atom stereocenters. The van der Waals surface area contributed by atoms with E-state index in [-0.39, 0.29) is 0 Å². The lowest BCUT2D eigenvalue weighted by molar-refractivity contribution is 0.506. The minimum Gasteiger partial charge on any atom is -0.382 e. The van der Waals surface area contributed by atoms with Crippen LogP contribution in [0.25, 0.3) is 0 Å². The first-order valence-electron chi connectivity index (χ1n) is 5.64. The molecule has 2 rings (SSSR count). The fraction of sp³-hybridized carbons (Fsp3) is 0.583. The van der Waals surface area contributed by atoms with Crippen LogP contribution in [0.4, 0.5) is 11.5 Å². The molecule has 0 spiro atoms. The summed E-state index contributed by atoms with van der Waals surface area (Å²) in [6.45, 7) is 7.64. The molecule has 0 fully saturated rings. The van der Waals surface area contributed by atoms with Crippen LogP contribution in [0, 0.1) is 12.8 Å². The molecule has 15 heavy (non-hydrogen) atoms. The summed E-state index contributed by atoms with van der Waals surface area (Å²) in [6.07, 6.45) is 3.01. The summed E-state index contributed by atoms with van der Waals surface area (Å²) in [7, 11) is 0. The van der Waals surface area contributed by atoms with Crippen molar-refractivity contribution in [3.63, 3.8) is 0 Å². The van der Waals surface area contributed by atoms with E-state index in [0.717, 1.165) is 18.8 Å². The van der Waals surface area contributed by atoms with Crippen LogP contribution in [-0.4, -0.2) is 17.6 Å². The van der Waals surface area contributed by atoms with Crippen LogP contribution in [0.1, 0.15) is 25.8 Å². The Morgan fingerprint density at radius 1 is 1.47 bits per heavy atom. The van der Waals surface area contributed by atoms with Crippen LogP contribution in [-0.2, 0) is 0 Å². The van der Waals surface area contributed by atoms with Crippen molar-refractivity contribution in [1.29, 1.82) is 0 Å². The van der Waals surface area contributed by atoms with Crippen molar-refractivity contribution in [2.24, 2.45) is 5.92 Å². The van der Waals surface area contributed by atoms with Gasteiger partial charge in [0.2, 0.25) is 0 Å². The fourth-order valence-corrected chi connectivity index (χ4v) is 1.99. The predicted molar refractivity (Wildman–Crippen MR) is 64.3 cm³/mol. The van der Waals surface area contributed by atoms with Gasteiger partial charge < -0.3 is 10.6 Å². The van der Waals surface area contributed by atoms with Gasteiger partial charge in [-0.15, -0.1) is 0 Å². The predicted octanol–water partition coefficient (Wildman–Crippen LogP) is 2.64. The molecule has 0 bridgehead atoms. The molecule has 1 atom stereocenters. The summed E-state index contributed by atoms with van der Waals surface area (Å²) < 4.78 is 0. The molecule has 0 amide bonds. The Hall–Kier alpha value is -1.25. The van der Waals surface area contributed by atoms with E-state index in [1.807, 2.05) is 12.3 Å². The van der Waals surface area contributed by atoms with E-state index in [1.54, 1.807) is 0 Å². The average molecular weight is 205 g/mol. The molecule has 0 radical (unpaired) electrons. The summed E-state index contributed by atoms with van der Waals surface area (Å²) in [6, 6.07) is 2.57. The Balaban J connectivity index is 2.30. The zero-order valence-electron chi connectivity index (χ0n) is 9.67. The molecule has 0 aliphatic carbocycles. The Labute approximate surface area is 91.3 Å². The number of hydrogen-bond donors (Lipinski definition) is 2. The number of anilines is 2. The second kappa shape index (κ2) is 4.09. The molecule has 3 heteroatoms. The molecule has 2 heterocycles. The van der Waals surface area contributed by atoms with E-state index in [4.69, 9.17) is 0 Å². The van der Waals surface area contributed by atoms with E-state index in [9.17, 15) is 0 Å². The summed E-state index contributed by atoms with van der Waals surface area (Å²) in [5.41, 5.74) is 2.43. The van der Waals surface area contributed by atoms with Crippen molar-refractivity contribution in [2.75, 3.05) is 17.2 Å². The first-order chi connectivity index (χ1) is 7.18. The summed E-state index contributed by atoms with van der Waals surface area (Å²) in [4.78, 5) is 4.40. The normalized spacial score (nSPS) is 20.1. The standard InChI is InChI=1S/C12H19N3/c1-8(2)10-5-7-13-11-9(3)4-6-14-12(11)15-10/h4,6,8,10,13H,5,7H2,1-3H3,(H,14,15). The van der Waals surface area contributed by atoms with Crippen molar-refractivity contribution in [1.82, 2.24) is 4.98 Å². The highest BCUT2D eigenvalue weighted by molar-refractivity contribution is 5.69. The molecule has 82 valence electrons. The fourth-order valence-electron chi connectivity index (χ4n) is 1.99. The largest absolute Gasteiger partial charge is 0.382 e. The monoisotopic (exact) mass is 205 g/mol. The van der Waals surface area contributed by atoms with Crippen molar-refractivity contribution in [3.8, 4) is 0 Å². The maximum absolute atomic E-state index is 4.40. The molecule has 0 saturated heterocycles. The third kappa shape index (κ3) is 2.06. The highest BCUT2D eigenvalue weighted by atomic mass is 15.1. The topological polar surface area (TPSA) is 37.0 Å². The van der Waals surface area contributed by atoms with E-state index >= 15 is 0 Å². The van der Waals surface area contributed by atoms with E-state index < -0.39 is 0 Å². The second-order valence-corrected chi connectivity index (χ2v) is 4.56. The Morgan fingerprint density at radius 2 is 2.27 bits per heavy atom. The molecule has 1 aromatic heterocycles. The number of hydrogen-bond acceptors (Lipinski definition) is 3. The molecular formula is C12H19N3. The quantitative estimate of drug-likeness (QED) is 0.740. The molecule has 0 aromatic carbocycles. The number of nitrogens with one attached hydrogen (secondary N) is 2. The molecule has 3 nitrogen and oxygen atoms in total. The molecule has 1 aliphatic rings. The van der Waals surface area contributed by atoms with Crippen LogP contribution >= 0.6 is 0 Å². The number of aromatic nitrogens is 1. The number of pyridine rings is 1. The van der Waals surface area contributed by atoms with Crippen LogP contribution in [0.5, 0.6) is 0 Å². The Morgan fingerprint density at radius 3 is 3.00 bits per heavy atom. The lowest BCUT2D eigenvalue weighted by Gasteiger charge is -2.20. The zero-order chi connectivity index (χ0) is 10.8. The highest BCUT2D eigenvalue weighted by Gasteiger charge is 2.19. The van der Waals surface area contributed by atoms with Gasteiger partial charge in [-0.1, -0.05) is 13.8 Å². The van der Waals surface area contributed by atoms with Crippen LogP contribution in [0.3, 0.4) is 0 Å². The first kappa shape index (κ1) is 10.3. The van der Waals surface area contributed by atoms with Crippen molar-refractivity contribution >= 4 is 11.5 Å². The Kier molecular flexibility index (Phi) is 2.80. The van der Waals surface area contributed by atoms with Crippen molar-refractivity contribution in [3.05, 3.63) is 17.8 Å². The second-order valence-electron chi connectivity index (χ2n) is 4.56. The summed E-state index contributed by atoms with van der Waals surface area (Å²) in [5.74, 6) is 1.64. The van der Waals surface area contributed by atoms with Gasteiger partial charge in [-0.25, -0.2) is 4.98 Å². The number of fused-ring (bicyclic) bond motifs is 1. The van der Waals surface area contributed by atoms with Gasteiger partial charge in [0.15, 0.2) is 0 Å². The van der Waals surface area contributed by atoms with Gasteiger partial charge in [0.1, 0.15) is 5.82 Å². The maximum atomic E-state index is 4.40. The van der Waals surface area contributed by atoms with Crippen LogP contribution in [0.2, 0.25) is 0 Å². The lowest BCUT2D eigenvalue weighted by Crippen LogP contribution is -2.26. The van der Waals surface area contributed by atoms with Gasteiger partial charge in [-0.3, -0.25) is 0 Å². The molecule has 1 aromatic rings. The van der Waals surface area contributed by atoms with Crippen molar-refractivity contribution in [2.45, 2.75) is 33.2 Å². The number of rotatable bonds is 1. The van der Waals surface area contributed by atoms with Crippen LogP contribution in [0.15, 0.2) is 12.3 Å². The van der Waals surface area contributed by atoms with E-state index in [1.165, 1.54) is 11.3 Å². The van der Waals surface area contributed by atoms with Crippen molar-refractivity contribution < 1.29 is 0 Å². The third-order valence-electron chi connectivity index (χ3n) is 3.04. The van der Waals surface area contributed by atoms with Gasteiger partial charge in [0.05, 0.1) is 5.69 Å². The van der Waals surface area contributed by atoms with Gasteiger partial charge in [-0.2, -0.15) is 0 Å². The van der Waals surface area contributed by atoms with E-state index in [2.05, 4.69) is 36.4 Å². The number of aryl methyl sites for hydroxylation is 1. The Bertz CT molecular complexity index is 347. The third-order valence-corrected chi connectivity index (χ3v) is 3.04. The molecule has 0 saturated carbocycles. The molecule has 2 N–H and O–H groups in total. The lowest BCUT2D eigenvalue weighted by atomic mass is 10.0. The highest BCUT2D eigenvalue weighted by Crippen LogP contribution is 2.27. The molecule has 1 aliphatic heterocycles. The average Bonchev–Trinajstić information content (AvgIpc) is 2.40. The van der Waals surface area contributed by atoms with Gasteiger partial charge >= 0.3 is 0 Å². The smallest absolute Gasteiger partial charge is 0.149 e. The summed E-state index contributed by atoms with van der Waals surface area (Å²) >= 11 is 0. The maximum Gasteiger partial charge on any atom is 0.149 e. The SMILES string of the molecule is Cc1ccnc2c1NCCC(C(C)C)N2. The minimum atomic E-state index is 0.521. The van der Waals surface area contributed by atoms with Crippen LogP contribution < -0.4 is 10.6 Å². The van der Waals surface area contributed by atoms with Gasteiger partial charge in [0, 0.05) is 18.8 Å².